The van der Waals surface area contributed by atoms with Gasteiger partial charge in [0, 0.05) is 32.3 Å². The average Bonchev–Trinajstić information content (AvgIpc) is 2.42. The third-order valence-corrected chi connectivity index (χ3v) is 5.99. The number of hydrogen-bond acceptors (Lipinski definition) is 6. The molecule has 5 nitrogen and oxygen atoms in total. The molecule has 0 unspecified atom stereocenters. The summed E-state index contributed by atoms with van der Waals surface area (Å²) >= 11 is 4.06. The molecule has 0 saturated heterocycles. The summed E-state index contributed by atoms with van der Waals surface area (Å²) in [6.45, 7) is 7.86. The molecule has 0 radical (unpaired) electrons. The predicted octanol–water partition coefficient (Wildman–Crippen LogP) is 2.68. The maximum atomic E-state index is 11.4. The smallest absolute Gasteiger partial charge is 0.466 e. The molecule has 0 atom stereocenters. The second-order valence-electron chi connectivity index (χ2n) is 4.13. The van der Waals surface area contributed by atoms with Gasteiger partial charge in [0.2, 0.25) is 0 Å². The predicted molar refractivity (Wildman–Crippen MR) is 84.1 cm³/mol. The van der Waals surface area contributed by atoms with Gasteiger partial charge in [-0.05, 0) is 39.4 Å². The van der Waals surface area contributed by atoms with E-state index < -0.39 is 8.80 Å². The van der Waals surface area contributed by atoms with E-state index in [2.05, 4.69) is 12.6 Å². The molecule has 0 aromatic heterocycles. The van der Waals surface area contributed by atoms with E-state index in [1.165, 1.54) is 0 Å². The molecule has 0 aromatic rings. The van der Waals surface area contributed by atoms with Gasteiger partial charge in [0.15, 0.2) is 0 Å². The topological polar surface area (TPSA) is 54.0 Å². The largest absolute Gasteiger partial charge is 0.501 e. The van der Waals surface area contributed by atoms with Crippen LogP contribution < -0.4 is 0 Å². The SMILES string of the molecule is CCO[Si](CCCOC(=O)CCCS)(OCC)OCC. The highest BCUT2D eigenvalue weighted by molar-refractivity contribution is 7.80. The number of carbonyl (C=O) groups excluding carboxylic acids is 1. The molecular formula is C13H28O5SSi. The molecule has 0 aliphatic rings. The standard InChI is InChI=1S/C13H28O5SSi/c1-4-16-20(17-5-2,18-6-3)12-8-10-15-13(14)9-7-11-19/h19H,4-12H2,1-3H3. The van der Waals surface area contributed by atoms with Gasteiger partial charge in [-0.2, -0.15) is 12.6 Å². The van der Waals surface area contributed by atoms with Crippen molar-refractivity contribution in [2.75, 3.05) is 32.2 Å². The minimum atomic E-state index is -2.60. The van der Waals surface area contributed by atoms with Gasteiger partial charge in [-0.25, -0.2) is 0 Å². The molecule has 0 saturated carbocycles. The minimum Gasteiger partial charge on any atom is -0.466 e. The molecular weight excluding hydrogens is 296 g/mol. The van der Waals surface area contributed by atoms with Crippen LogP contribution in [0.4, 0.5) is 0 Å². The number of thiol groups is 1. The highest BCUT2D eigenvalue weighted by Crippen LogP contribution is 2.18. The molecule has 0 aliphatic heterocycles. The van der Waals surface area contributed by atoms with Crippen molar-refractivity contribution in [1.82, 2.24) is 0 Å². The van der Waals surface area contributed by atoms with E-state index >= 15 is 0 Å². The van der Waals surface area contributed by atoms with Crippen LogP contribution in [0, 0.1) is 0 Å². The van der Waals surface area contributed by atoms with Crippen LogP contribution in [0.25, 0.3) is 0 Å². The van der Waals surface area contributed by atoms with Crippen molar-refractivity contribution in [2.45, 2.75) is 46.1 Å². The van der Waals surface area contributed by atoms with E-state index in [4.69, 9.17) is 18.0 Å². The fraction of sp³-hybridized carbons (Fsp3) is 0.923. The van der Waals surface area contributed by atoms with Gasteiger partial charge >= 0.3 is 14.8 Å². The lowest BCUT2D eigenvalue weighted by atomic mass is 10.3. The minimum absolute atomic E-state index is 0.171. The first-order valence-electron chi connectivity index (χ1n) is 7.32. The summed E-state index contributed by atoms with van der Waals surface area (Å²) in [5, 5.41) is 0. The number of rotatable bonds is 13. The first-order valence-corrected chi connectivity index (χ1v) is 9.88. The summed E-state index contributed by atoms with van der Waals surface area (Å²) in [5.41, 5.74) is 0. The third kappa shape index (κ3) is 8.96. The number of ether oxygens (including phenoxy) is 1. The van der Waals surface area contributed by atoms with Crippen LogP contribution in [-0.4, -0.2) is 47.0 Å². The molecule has 0 N–H and O–H groups in total. The lowest BCUT2D eigenvalue weighted by Crippen LogP contribution is -2.46. The molecule has 0 bridgehead atoms. The maximum absolute atomic E-state index is 11.4. The van der Waals surface area contributed by atoms with Gasteiger partial charge < -0.3 is 18.0 Å². The van der Waals surface area contributed by atoms with E-state index in [0.717, 1.165) is 6.42 Å². The molecule has 0 amide bonds. The summed E-state index contributed by atoms with van der Waals surface area (Å²) in [4.78, 5) is 11.4. The van der Waals surface area contributed by atoms with Crippen molar-refractivity contribution in [3.63, 3.8) is 0 Å². The Morgan fingerprint density at radius 3 is 2.00 bits per heavy atom. The van der Waals surface area contributed by atoms with Crippen LogP contribution >= 0.6 is 12.6 Å². The Labute approximate surface area is 129 Å². The summed E-state index contributed by atoms with van der Waals surface area (Å²) in [6.07, 6.45) is 1.87. The lowest BCUT2D eigenvalue weighted by molar-refractivity contribution is -0.143. The van der Waals surface area contributed by atoms with Crippen LogP contribution in [0.3, 0.4) is 0 Å². The summed E-state index contributed by atoms with van der Waals surface area (Å²) in [7, 11) is -2.60. The van der Waals surface area contributed by atoms with Crippen LogP contribution in [0.2, 0.25) is 6.04 Å². The lowest BCUT2D eigenvalue weighted by Gasteiger charge is -2.28. The fourth-order valence-corrected chi connectivity index (χ4v) is 4.51. The Morgan fingerprint density at radius 2 is 1.55 bits per heavy atom. The molecule has 0 fully saturated rings. The quantitative estimate of drug-likeness (QED) is 0.244. The Kier molecular flexibility index (Phi) is 12.6. The van der Waals surface area contributed by atoms with E-state index in [-0.39, 0.29) is 5.97 Å². The molecule has 120 valence electrons. The number of carbonyl (C=O) groups is 1. The number of hydrogen-bond donors (Lipinski definition) is 1. The van der Waals surface area contributed by atoms with Crippen LogP contribution in [0.5, 0.6) is 0 Å². The summed E-state index contributed by atoms with van der Waals surface area (Å²) in [6, 6.07) is 0.669. The molecule has 0 aromatic carbocycles. The molecule has 0 spiro atoms. The summed E-state index contributed by atoms with van der Waals surface area (Å²) < 4.78 is 22.3. The third-order valence-electron chi connectivity index (χ3n) is 2.52. The van der Waals surface area contributed by atoms with Gasteiger partial charge in [-0.15, -0.1) is 0 Å². The highest BCUT2D eigenvalue weighted by atomic mass is 32.1. The van der Waals surface area contributed by atoms with Gasteiger partial charge in [0.05, 0.1) is 6.61 Å². The normalized spacial score (nSPS) is 11.6. The van der Waals surface area contributed by atoms with Crippen molar-refractivity contribution in [2.24, 2.45) is 0 Å². The second kappa shape index (κ2) is 12.6. The Bertz CT molecular complexity index is 236. The van der Waals surface area contributed by atoms with Crippen molar-refractivity contribution < 1.29 is 22.8 Å². The Morgan fingerprint density at radius 1 is 1.00 bits per heavy atom. The van der Waals surface area contributed by atoms with Gasteiger partial charge in [0.1, 0.15) is 0 Å². The van der Waals surface area contributed by atoms with Crippen molar-refractivity contribution in [3.8, 4) is 0 Å². The van der Waals surface area contributed by atoms with E-state index in [0.29, 0.717) is 51.1 Å². The average molecular weight is 325 g/mol. The molecule has 7 heteroatoms. The van der Waals surface area contributed by atoms with Gasteiger partial charge in [0.25, 0.3) is 0 Å². The molecule has 20 heavy (non-hydrogen) atoms. The first-order chi connectivity index (χ1) is 9.64. The van der Waals surface area contributed by atoms with Crippen molar-refractivity contribution >= 4 is 27.4 Å². The van der Waals surface area contributed by atoms with E-state index in [9.17, 15) is 4.79 Å². The Balaban J connectivity index is 4.08. The van der Waals surface area contributed by atoms with Gasteiger partial charge in [-0.1, -0.05) is 0 Å². The Hall–Kier alpha value is -0.0831. The highest BCUT2D eigenvalue weighted by Gasteiger charge is 2.39. The van der Waals surface area contributed by atoms with Crippen molar-refractivity contribution in [1.29, 1.82) is 0 Å². The molecule has 0 aliphatic carbocycles. The fourth-order valence-electron chi connectivity index (χ4n) is 1.77. The molecule has 0 heterocycles. The maximum Gasteiger partial charge on any atom is 0.501 e. The summed E-state index contributed by atoms with van der Waals surface area (Å²) in [5.74, 6) is 0.528. The second-order valence-corrected chi connectivity index (χ2v) is 7.31. The van der Waals surface area contributed by atoms with Crippen molar-refractivity contribution in [3.05, 3.63) is 0 Å². The first kappa shape index (κ1) is 19.9. The zero-order valence-electron chi connectivity index (χ0n) is 12.9. The van der Waals surface area contributed by atoms with Crippen LogP contribution in [0.1, 0.15) is 40.0 Å². The van der Waals surface area contributed by atoms with Gasteiger partial charge in [-0.3, -0.25) is 4.79 Å². The number of esters is 1. The van der Waals surface area contributed by atoms with E-state index in [1.807, 2.05) is 20.8 Å². The van der Waals surface area contributed by atoms with E-state index in [1.54, 1.807) is 0 Å². The monoisotopic (exact) mass is 324 g/mol. The van der Waals surface area contributed by atoms with Crippen LogP contribution in [0.15, 0.2) is 0 Å². The van der Waals surface area contributed by atoms with Crippen LogP contribution in [-0.2, 0) is 22.8 Å². The zero-order chi connectivity index (χ0) is 15.3. The molecule has 0 rings (SSSR count). The zero-order valence-corrected chi connectivity index (χ0v) is 14.7.